The molecule has 0 saturated heterocycles. The van der Waals surface area contributed by atoms with Gasteiger partial charge >= 0.3 is 0 Å². The quantitative estimate of drug-likeness (QED) is 0.913. The summed E-state index contributed by atoms with van der Waals surface area (Å²) in [7, 11) is 1.60. The molecule has 0 amide bonds. The molecule has 4 nitrogen and oxygen atoms in total. The molecule has 0 radical (unpaired) electrons. The van der Waals surface area contributed by atoms with Crippen molar-refractivity contribution in [3.63, 3.8) is 0 Å². The third-order valence-electron chi connectivity index (χ3n) is 2.52. The van der Waals surface area contributed by atoms with Gasteiger partial charge in [0.05, 0.1) is 12.8 Å². The Bertz CT molecular complexity index is 537. The molecule has 0 atom stereocenters. The lowest BCUT2D eigenvalue weighted by molar-refractivity contribution is 0.412. The largest absolute Gasteiger partial charge is 0.494 e. The Morgan fingerprint density at radius 2 is 2.18 bits per heavy atom. The Morgan fingerprint density at radius 3 is 2.76 bits per heavy atom. The van der Waals surface area contributed by atoms with Crippen molar-refractivity contribution in [2.75, 3.05) is 12.8 Å². The predicted octanol–water partition coefficient (Wildman–Crippen LogP) is 2.68. The van der Waals surface area contributed by atoms with Gasteiger partial charge < -0.3 is 10.5 Å². The molecule has 1 heterocycles. The summed E-state index contributed by atoms with van der Waals surface area (Å²) >= 11 is 5.98. The molecule has 0 fully saturated rings. The zero-order valence-electron chi connectivity index (χ0n) is 9.77. The average Bonchev–Trinajstić information content (AvgIpc) is 2.70. The smallest absolute Gasteiger partial charge is 0.144 e. The molecule has 1 aromatic carbocycles. The number of aryl methyl sites for hydroxylation is 1. The van der Waals surface area contributed by atoms with Crippen molar-refractivity contribution < 1.29 is 4.74 Å². The summed E-state index contributed by atoms with van der Waals surface area (Å²) in [4.78, 5) is 0. The van der Waals surface area contributed by atoms with Gasteiger partial charge in [0, 0.05) is 11.1 Å². The van der Waals surface area contributed by atoms with Gasteiger partial charge in [-0.05, 0) is 24.6 Å². The number of aromatic nitrogens is 2. The van der Waals surface area contributed by atoms with E-state index in [1.54, 1.807) is 30.0 Å². The van der Waals surface area contributed by atoms with Gasteiger partial charge in [0.15, 0.2) is 0 Å². The van der Waals surface area contributed by atoms with Gasteiger partial charge in [-0.15, -0.1) is 0 Å². The summed E-state index contributed by atoms with van der Waals surface area (Å²) in [5.41, 5.74) is 7.61. The molecule has 1 aromatic heterocycles. The third-order valence-corrected chi connectivity index (χ3v) is 2.75. The summed E-state index contributed by atoms with van der Waals surface area (Å²) in [5, 5.41) is 5.02. The molecular weight excluding hydrogens is 238 g/mol. The van der Waals surface area contributed by atoms with Gasteiger partial charge in [-0.2, -0.15) is 5.10 Å². The van der Waals surface area contributed by atoms with Crippen LogP contribution >= 0.6 is 11.6 Å². The summed E-state index contributed by atoms with van der Waals surface area (Å²) in [6.45, 7) is 2.03. The van der Waals surface area contributed by atoms with Crippen molar-refractivity contribution in [3.05, 3.63) is 35.0 Å². The van der Waals surface area contributed by atoms with Crippen LogP contribution in [0.4, 0.5) is 5.82 Å². The number of nitrogens with zero attached hydrogens (tertiary/aromatic N) is 2. The fraction of sp³-hybridized carbons (Fsp3) is 0.250. The summed E-state index contributed by atoms with van der Waals surface area (Å²) < 4.78 is 6.92. The lowest BCUT2D eigenvalue weighted by Gasteiger charge is -2.10. The zero-order chi connectivity index (χ0) is 12.4. The van der Waals surface area contributed by atoms with E-state index in [1.807, 2.05) is 13.0 Å². The molecule has 90 valence electrons. The standard InChI is InChI=1S/C12H14ClN3O/c1-3-9-7-12(14)16(15-9)10-6-8(13)4-5-11(10)17-2/h4-7H,3,14H2,1-2H3. The van der Waals surface area contributed by atoms with Crippen LogP contribution in [0.5, 0.6) is 5.75 Å². The normalized spacial score (nSPS) is 10.5. The van der Waals surface area contributed by atoms with Gasteiger partial charge in [0.2, 0.25) is 0 Å². The first-order valence-electron chi connectivity index (χ1n) is 5.34. The first-order valence-corrected chi connectivity index (χ1v) is 5.71. The highest BCUT2D eigenvalue weighted by Gasteiger charge is 2.11. The minimum Gasteiger partial charge on any atom is -0.494 e. The Morgan fingerprint density at radius 1 is 1.41 bits per heavy atom. The highest BCUT2D eigenvalue weighted by molar-refractivity contribution is 6.30. The molecule has 2 rings (SSSR count). The van der Waals surface area contributed by atoms with Gasteiger partial charge in [-0.1, -0.05) is 18.5 Å². The molecule has 2 N–H and O–H groups in total. The maximum absolute atomic E-state index is 5.98. The van der Waals surface area contributed by atoms with Crippen molar-refractivity contribution in [1.29, 1.82) is 0 Å². The van der Waals surface area contributed by atoms with Crippen LogP contribution in [-0.4, -0.2) is 16.9 Å². The molecule has 5 heteroatoms. The van der Waals surface area contributed by atoms with Crippen molar-refractivity contribution in [2.24, 2.45) is 0 Å². The first kappa shape index (κ1) is 11.8. The number of halogens is 1. The van der Waals surface area contributed by atoms with Crippen molar-refractivity contribution in [2.45, 2.75) is 13.3 Å². The van der Waals surface area contributed by atoms with Crippen LogP contribution in [0.25, 0.3) is 5.69 Å². The monoisotopic (exact) mass is 251 g/mol. The summed E-state index contributed by atoms with van der Waals surface area (Å²) in [5.74, 6) is 1.26. The number of nitrogen functional groups attached to an aromatic ring is 1. The van der Waals surface area contributed by atoms with E-state index in [-0.39, 0.29) is 0 Å². The molecule has 0 aliphatic rings. The highest BCUT2D eigenvalue weighted by Crippen LogP contribution is 2.28. The van der Waals surface area contributed by atoms with Crippen molar-refractivity contribution in [3.8, 4) is 11.4 Å². The topological polar surface area (TPSA) is 53.1 Å². The highest BCUT2D eigenvalue weighted by atomic mass is 35.5. The van der Waals surface area contributed by atoms with E-state index in [9.17, 15) is 0 Å². The second-order valence-corrected chi connectivity index (χ2v) is 4.08. The lowest BCUT2D eigenvalue weighted by atomic mass is 10.3. The lowest BCUT2D eigenvalue weighted by Crippen LogP contribution is -2.04. The van der Waals surface area contributed by atoms with E-state index in [0.29, 0.717) is 16.6 Å². The number of anilines is 1. The summed E-state index contributed by atoms with van der Waals surface area (Å²) in [6, 6.07) is 7.19. The SMILES string of the molecule is CCc1cc(N)n(-c2cc(Cl)ccc2OC)n1. The van der Waals surface area contributed by atoms with Crippen LogP contribution in [0.3, 0.4) is 0 Å². The first-order chi connectivity index (χ1) is 8.15. The Labute approximate surface area is 105 Å². The van der Waals surface area contributed by atoms with E-state index < -0.39 is 0 Å². The Kier molecular flexibility index (Phi) is 3.24. The maximum atomic E-state index is 5.98. The molecular formula is C12H14ClN3O. The van der Waals surface area contributed by atoms with Crippen LogP contribution in [0, 0.1) is 0 Å². The Hall–Kier alpha value is -1.68. The van der Waals surface area contributed by atoms with Crippen LogP contribution in [0.2, 0.25) is 5.02 Å². The number of benzene rings is 1. The van der Waals surface area contributed by atoms with Crippen LogP contribution in [0.1, 0.15) is 12.6 Å². The van der Waals surface area contributed by atoms with Gasteiger partial charge in [-0.3, -0.25) is 0 Å². The van der Waals surface area contributed by atoms with Crippen molar-refractivity contribution >= 4 is 17.4 Å². The van der Waals surface area contributed by atoms with E-state index >= 15 is 0 Å². The molecule has 0 aliphatic carbocycles. The zero-order valence-corrected chi connectivity index (χ0v) is 10.5. The third kappa shape index (κ3) is 2.22. The van der Waals surface area contributed by atoms with Crippen LogP contribution in [0.15, 0.2) is 24.3 Å². The maximum Gasteiger partial charge on any atom is 0.144 e. The minimum absolute atomic E-state index is 0.572. The number of ether oxygens (including phenoxy) is 1. The second-order valence-electron chi connectivity index (χ2n) is 3.64. The van der Waals surface area contributed by atoms with Gasteiger partial charge in [0.25, 0.3) is 0 Å². The molecule has 0 saturated carbocycles. The molecule has 17 heavy (non-hydrogen) atoms. The number of rotatable bonds is 3. The summed E-state index contributed by atoms with van der Waals surface area (Å²) in [6.07, 6.45) is 0.833. The van der Waals surface area contributed by atoms with E-state index in [4.69, 9.17) is 22.1 Å². The fourth-order valence-electron chi connectivity index (χ4n) is 1.64. The molecule has 0 unspecified atom stereocenters. The Balaban J connectivity index is 2.58. The number of methoxy groups -OCH3 is 1. The van der Waals surface area contributed by atoms with Crippen LogP contribution in [-0.2, 0) is 6.42 Å². The molecule has 0 aliphatic heterocycles. The van der Waals surface area contributed by atoms with Gasteiger partial charge in [0.1, 0.15) is 17.3 Å². The number of hydrogen-bond donors (Lipinski definition) is 1. The second kappa shape index (κ2) is 4.67. The fourth-order valence-corrected chi connectivity index (χ4v) is 1.81. The number of hydrogen-bond acceptors (Lipinski definition) is 3. The number of nitrogens with two attached hydrogens (primary N) is 1. The molecule has 0 bridgehead atoms. The minimum atomic E-state index is 0.572. The predicted molar refractivity (Wildman–Crippen MR) is 68.9 cm³/mol. The molecule has 2 aromatic rings. The van der Waals surface area contributed by atoms with Crippen molar-refractivity contribution in [1.82, 2.24) is 9.78 Å². The van der Waals surface area contributed by atoms with E-state index in [1.165, 1.54) is 0 Å². The van der Waals surface area contributed by atoms with Gasteiger partial charge in [-0.25, -0.2) is 4.68 Å². The molecule has 0 spiro atoms. The van der Waals surface area contributed by atoms with Crippen LogP contribution < -0.4 is 10.5 Å². The average molecular weight is 252 g/mol. The van der Waals surface area contributed by atoms with E-state index in [0.717, 1.165) is 17.8 Å². The van der Waals surface area contributed by atoms with E-state index in [2.05, 4.69) is 5.10 Å².